The Bertz CT molecular complexity index is 248. The summed E-state index contributed by atoms with van der Waals surface area (Å²) >= 11 is 0. The molecule has 1 heterocycles. The van der Waals surface area contributed by atoms with Gasteiger partial charge in [0, 0.05) is 19.7 Å². The molecular weight excluding hydrogens is 222 g/mol. The number of piperazine rings is 1. The van der Waals surface area contributed by atoms with Crippen LogP contribution in [0.1, 0.15) is 19.8 Å². The second-order valence-corrected chi connectivity index (χ2v) is 3.99. The smallest absolute Gasteiger partial charge is 0.239 e. The number of hydrogen-bond acceptors (Lipinski definition) is 4. The zero-order valence-corrected chi connectivity index (χ0v) is 10.3. The minimum atomic E-state index is -0.330. The van der Waals surface area contributed by atoms with Crippen LogP contribution in [0.25, 0.3) is 0 Å². The Hall–Kier alpha value is -1.14. The maximum absolute atomic E-state index is 11.6. The van der Waals surface area contributed by atoms with Crippen molar-refractivity contribution >= 4 is 11.8 Å². The molecule has 1 aliphatic rings. The molecule has 1 atom stereocenters. The van der Waals surface area contributed by atoms with Crippen molar-refractivity contribution in [1.29, 1.82) is 0 Å². The van der Waals surface area contributed by atoms with Crippen LogP contribution >= 0.6 is 0 Å². The van der Waals surface area contributed by atoms with Crippen molar-refractivity contribution in [3.05, 3.63) is 0 Å². The normalized spacial score (nSPS) is 19.8. The van der Waals surface area contributed by atoms with Gasteiger partial charge in [-0.25, -0.2) is 0 Å². The van der Waals surface area contributed by atoms with Gasteiger partial charge in [0.25, 0.3) is 0 Å². The van der Waals surface area contributed by atoms with Gasteiger partial charge in [0.2, 0.25) is 11.8 Å². The Morgan fingerprint density at radius 3 is 3.00 bits per heavy atom. The first-order chi connectivity index (χ1) is 8.24. The van der Waals surface area contributed by atoms with Gasteiger partial charge in [-0.2, -0.15) is 0 Å². The van der Waals surface area contributed by atoms with Crippen LogP contribution in [0, 0.1) is 0 Å². The van der Waals surface area contributed by atoms with Gasteiger partial charge in [-0.1, -0.05) is 13.3 Å². The molecule has 0 aromatic heterocycles. The van der Waals surface area contributed by atoms with Crippen molar-refractivity contribution in [1.82, 2.24) is 16.0 Å². The molecule has 0 saturated carbocycles. The van der Waals surface area contributed by atoms with E-state index in [9.17, 15) is 9.59 Å². The Kier molecular flexibility index (Phi) is 6.57. The molecule has 2 amide bonds. The summed E-state index contributed by atoms with van der Waals surface area (Å²) in [4.78, 5) is 22.5. The average molecular weight is 243 g/mol. The fourth-order valence-electron chi connectivity index (χ4n) is 1.47. The predicted molar refractivity (Wildman–Crippen MR) is 63.5 cm³/mol. The molecule has 0 spiro atoms. The monoisotopic (exact) mass is 243 g/mol. The minimum absolute atomic E-state index is 0.0723. The lowest BCUT2D eigenvalue weighted by Crippen LogP contribution is -2.58. The molecular formula is C11H21N3O3. The largest absolute Gasteiger partial charge is 0.380 e. The minimum Gasteiger partial charge on any atom is -0.380 e. The van der Waals surface area contributed by atoms with E-state index < -0.39 is 0 Å². The van der Waals surface area contributed by atoms with Crippen LogP contribution in [0.4, 0.5) is 0 Å². The van der Waals surface area contributed by atoms with Crippen LogP contribution in [0.5, 0.6) is 0 Å². The fraction of sp³-hybridized carbons (Fsp3) is 0.818. The van der Waals surface area contributed by atoms with Gasteiger partial charge in [0.05, 0.1) is 13.2 Å². The summed E-state index contributed by atoms with van der Waals surface area (Å²) in [6.45, 7) is 4.43. The highest BCUT2D eigenvalue weighted by molar-refractivity contribution is 5.86. The highest BCUT2D eigenvalue weighted by atomic mass is 16.5. The maximum atomic E-state index is 11.6. The van der Waals surface area contributed by atoms with Crippen molar-refractivity contribution in [2.45, 2.75) is 25.8 Å². The molecule has 6 nitrogen and oxygen atoms in total. The Balaban J connectivity index is 2.03. The molecule has 0 aromatic rings. The van der Waals surface area contributed by atoms with E-state index in [0.29, 0.717) is 19.7 Å². The third kappa shape index (κ3) is 5.65. The molecule has 0 aromatic carbocycles. The summed E-state index contributed by atoms with van der Waals surface area (Å²) in [6.07, 6.45) is 2.15. The Labute approximate surface area is 101 Å². The van der Waals surface area contributed by atoms with Gasteiger partial charge in [0.1, 0.15) is 6.04 Å². The number of nitrogens with one attached hydrogen (secondary N) is 3. The van der Waals surface area contributed by atoms with Gasteiger partial charge in [0.15, 0.2) is 0 Å². The lowest BCUT2D eigenvalue weighted by atomic mass is 10.2. The number of carbonyl (C=O) groups is 2. The SMILES string of the molecule is CCCCOCCNC(=O)C1CNC(=O)CN1. The third-order valence-electron chi connectivity index (χ3n) is 2.52. The highest BCUT2D eigenvalue weighted by Crippen LogP contribution is 1.89. The number of carbonyl (C=O) groups excluding carboxylic acids is 2. The van der Waals surface area contributed by atoms with Crippen molar-refractivity contribution < 1.29 is 14.3 Å². The van der Waals surface area contributed by atoms with E-state index in [1.807, 2.05) is 0 Å². The number of unbranched alkanes of at least 4 members (excludes halogenated alkanes) is 1. The maximum Gasteiger partial charge on any atom is 0.239 e. The third-order valence-corrected chi connectivity index (χ3v) is 2.52. The second-order valence-electron chi connectivity index (χ2n) is 3.99. The van der Waals surface area contributed by atoms with E-state index in [1.54, 1.807) is 0 Å². The van der Waals surface area contributed by atoms with Crippen LogP contribution in [0.15, 0.2) is 0 Å². The number of amides is 2. The number of ether oxygens (including phenoxy) is 1. The first kappa shape index (κ1) is 13.9. The summed E-state index contributed by atoms with van der Waals surface area (Å²) in [7, 11) is 0. The molecule has 0 aliphatic carbocycles. The average Bonchev–Trinajstić information content (AvgIpc) is 2.34. The molecule has 1 saturated heterocycles. The van der Waals surface area contributed by atoms with E-state index in [4.69, 9.17) is 4.74 Å². The summed E-state index contributed by atoms with van der Waals surface area (Å²) < 4.78 is 5.32. The standard InChI is InChI=1S/C11H21N3O3/c1-2-3-5-17-6-4-12-11(16)9-7-14-10(15)8-13-9/h9,13H,2-8H2,1H3,(H,12,16)(H,14,15). The Morgan fingerprint density at radius 2 is 2.35 bits per heavy atom. The quantitative estimate of drug-likeness (QED) is 0.502. The lowest BCUT2D eigenvalue weighted by Gasteiger charge is -2.23. The zero-order chi connectivity index (χ0) is 12.5. The first-order valence-corrected chi connectivity index (χ1v) is 6.09. The molecule has 0 bridgehead atoms. The van der Waals surface area contributed by atoms with Crippen LogP contribution in [-0.2, 0) is 14.3 Å². The topological polar surface area (TPSA) is 79.5 Å². The molecule has 0 radical (unpaired) electrons. The summed E-state index contributed by atoms with van der Waals surface area (Å²) in [5.74, 6) is -0.166. The predicted octanol–water partition coefficient (Wildman–Crippen LogP) is -0.993. The molecule has 98 valence electrons. The highest BCUT2D eigenvalue weighted by Gasteiger charge is 2.22. The summed E-state index contributed by atoms with van der Waals surface area (Å²) in [6, 6.07) is -0.330. The van der Waals surface area contributed by atoms with Gasteiger partial charge >= 0.3 is 0 Å². The first-order valence-electron chi connectivity index (χ1n) is 6.09. The summed E-state index contributed by atoms with van der Waals surface area (Å²) in [5, 5.41) is 8.27. The van der Waals surface area contributed by atoms with Crippen LogP contribution < -0.4 is 16.0 Å². The van der Waals surface area contributed by atoms with Crippen LogP contribution in [0.3, 0.4) is 0 Å². The van der Waals surface area contributed by atoms with Gasteiger partial charge in [-0.3, -0.25) is 14.9 Å². The van der Waals surface area contributed by atoms with Crippen LogP contribution in [0.2, 0.25) is 0 Å². The second kappa shape index (κ2) is 8.03. The van der Waals surface area contributed by atoms with Crippen molar-refractivity contribution in [3.63, 3.8) is 0 Å². The molecule has 3 N–H and O–H groups in total. The van der Waals surface area contributed by atoms with Crippen molar-refractivity contribution in [2.75, 3.05) is 32.8 Å². The fourth-order valence-corrected chi connectivity index (χ4v) is 1.47. The van der Waals surface area contributed by atoms with Crippen molar-refractivity contribution in [2.24, 2.45) is 0 Å². The molecule has 1 unspecified atom stereocenters. The number of rotatable bonds is 7. The van der Waals surface area contributed by atoms with E-state index >= 15 is 0 Å². The van der Waals surface area contributed by atoms with E-state index in [2.05, 4.69) is 22.9 Å². The van der Waals surface area contributed by atoms with E-state index in [0.717, 1.165) is 19.4 Å². The van der Waals surface area contributed by atoms with Gasteiger partial charge in [-0.05, 0) is 6.42 Å². The van der Waals surface area contributed by atoms with Crippen LogP contribution in [-0.4, -0.2) is 50.7 Å². The Morgan fingerprint density at radius 1 is 1.53 bits per heavy atom. The number of hydrogen-bond donors (Lipinski definition) is 3. The molecule has 1 aliphatic heterocycles. The molecule has 17 heavy (non-hydrogen) atoms. The zero-order valence-electron chi connectivity index (χ0n) is 10.3. The molecule has 1 rings (SSSR count). The van der Waals surface area contributed by atoms with E-state index in [-0.39, 0.29) is 24.4 Å². The van der Waals surface area contributed by atoms with E-state index in [1.165, 1.54) is 0 Å². The molecule has 6 heteroatoms. The summed E-state index contributed by atoms with van der Waals surface area (Å²) in [5.41, 5.74) is 0. The van der Waals surface area contributed by atoms with Gasteiger partial charge in [-0.15, -0.1) is 0 Å². The van der Waals surface area contributed by atoms with Crippen molar-refractivity contribution in [3.8, 4) is 0 Å². The molecule has 1 fully saturated rings. The lowest BCUT2D eigenvalue weighted by molar-refractivity contribution is -0.126. The van der Waals surface area contributed by atoms with Gasteiger partial charge < -0.3 is 15.4 Å².